The summed E-state index contributed by atoms with van der Waals surface area (Å²) in [6.07, 6.45) is 0.614. The number of benzene rings is 2. The smallest absolute Gasteiger partial charge is 0.271 e. The third kappa shape index (κ3) is 3.67. The van der Waals surface area contributed by atoms with Crippen LogP contribution in [0.1, 0.15) is 35.1 Å². The van der Waals surface area contributed by atoms with Gasteiger partial charge in [-0.1, -0.05) is 29.8 Å². The van der Waals surface area contributed by atoms with Crippen molar-refractivity contribution < 1.29 is 9.59 Å². The molecule has 134 valence electrons. The molecule has 0 radical (unpaired) electrons. The van der Waals surface area contributed by atoms with Gasteiger partial charge in [-0.3, -0.25) is 9.59 Å². The number of nitrogens with one attached hydrogen (secondary N) is 1. The summed E-state index contributed by atoms with van der Waals surface area (Å²) >= 11 is 0. The van der Waals surface area contributed by atoms with Gasteiger partial charge in [-0.15, -0.1) is 0 Å². The molecule has 0 saturated heterocycles. The normalized spacial score (nSPS) is 14.2. The maximum Gasteiger partial charge on any atom is 0.271 e. The standard InChI is InChI=1S/C21H23N3O2/c1-13-6-5-7-17(12-13)24-19(25)9-8-18(23-24)21(26)22-20-15(3)10-14(2)11-16(20)4/h5-7,10-12H,8-9H2,1-4H3,(H,22,26). The first-order valence-corrected chi connectivity index (χ1v) is 8.71. The minimum atomic E-state index is -0.259. The predicted molar refractivity (Wildman–Crippen MR) is 105 cm³/mol. The van der Waals surface area contributed by atoms with Gasteiger partial charge in [-0.2, -0.15) is 5.10 Å². The molecule has 1 heterocycles. The number of amides is 2. The number of carbonyl (C=O) groups is 2. The third-order valence-electron chi connectivity index (χ3n) is 4.46. The third-order valence-corrected chi connectivity index (χ3v) is 4.46. The van der Waals surface area contributed by atoms with Crippen LogP contribution in [0.15, 0.2) is 41.5 Å². The summed E-state index contributed by atoms with van der Waals surface area (Å²) in [6, 6.07) is 11.6. The van der Waals surface area contributed by atoms with Crippen LogP contribution in [0.5, 0.6) is 0 Å². The number of carbonyl (C=O) groups excluding carboxylic acids is 2. The van der Waals surface area contributed by atoms with Crippen molar-refractivity contribution in [2.75, 3.05) is 10.3 Å². The molecule has 1 aliphatic heterocycles. The molecule has 26 heavy (non-hydrogen) atoms. The van der Waals surface area contributed by atoms with Gasteiger partial charge < -0.3 is 5.32 Å². The van der Waals surface area contributed by atoms with Gasteiger partial charge in [0, 0.05) is 18.5 Å². The molecular weight excluding hydrogens is 326 g/mol. The van der Waals surface area contributed by atoms with E-state index in [9.17, 15) is 9.59 Å². The lowest BCUT2D eigenvalue weighted by molar-refractivity contribution is -0.118. The molecule has 2 aromatic carbocycles. The molecule has 2 aromatic rings. The highest BCUT2D eigenvalue weighted by Gasteiger charge is 2.26. The first-order valence-electron chi connectivity index (χ1n) is 8.71. The van der Waals surface area contributed by atoms with Crippen molar-refractivity contribution in [3.63, 3.8) is 0 Å². The van der Waals surface area contributed by atoms with E-state index < -0.39 is 0 Å². The summed E-state index contributed by atoms with van der Waals surface area (Å²) in [5, 5.41) is 8.64. The topological polar surface area (TPSA) is 61.8 Å². The summed E-state index contributed by atoms with van der Waals surface area (Å²) in [5.74, 6) is -0.361. The molecule has 5 heteroatoms. The molecule has 1 aliphatic rings. The average molecular weight is 349 g/mol. The first kappa shape index (κ1) is 17.9. The van der Waals surface area contributed by atoms with E-state index in [-0.39, 0.29) is 18.2 Å². The van der Waals surface area contributed by atoms with Gasteiger partial charge >= 0.3 is 0 Å². The molecule has 2 amide bonds. The van der Waals surface area contributed by atoms with Crippen LogP contribution in [0.25, 0.3) is 0 Å². The van der Waals surface area contributed by atoms with Crippen LogP contribution in [0, 0.1) is 27.7 Å². The molecule has 0 fully saturated rings. The number of aryl methyl sites for hydroxylation is 4. The van der Waals surface area contributed by atoms with E-state index in [0.717, 1.165) is 27.9 Å². The fourth-order valence-electron chi connectivity index (χ4n) is 3.24. The highest BCUT2D eigenvalue weighted by molar-refractivity contribution is 6.44. The Morgan fingerprint density at radius 2 is 1.69 bits per heavy atom. The van der Waals surface area contributed by atoms with E-state index in [1.165, 1.54) is 5.01 Å². The Balaban J connectivity index is 1.87. The van der Waals surface area contributed by atoms with Crippen molar-refractivity contribution in [2.45, 2.75) is 40.5 Å². The van der Waals surface area contributed by atoms with Crippen LogP contribution in [0.4, 0.5) is 11.4 Å². The number of hydrazone groups is 1. The van der Waals surface area contributed by atoms with Crippen LogP contribution in [0.3, 0.4) is 0 Å². The number of hydrogen-bond acceptors (Lipinski definition) is 3. The molecular formula is C21H23N3O2. The maximum atomic E-state index is 12.7. The summed E-state index contributed by atoms with van der Waals surface area (Å²) < 4.78 is 0. The fourth-order valence-corrected chi connectivity index (χ4v) is 3.24. The van der Waals surface area contributed by atoms with Crippen LogP contribution in [-0.2, 0) is 9.59 Å². The van der Waals surface area contributed by atoms with E-state index in [1.54, 1.807) is 0 Å². The Hall–Kier alpha value is -2.95. The zero-order valence-corrected chi connectivity index (χ0v) is 15.6. The Morgan fingerprint density at radius 1 is 1.00 bits per heavy atom. The van der Waals surface area contributed by atoms with E-state index in [4.69, 9.17) is 0 Å². The van der Waals surface area contributed by atoms with Crippen LogP contribution >= 0.6 is 0 Å². The summed E-state index contributed by atoms with van der Waals surface area (Å²) in [6.45, 7) is 7.93. The van der Waals surface area contributed by atoms with E-state index in [2.05, 4.69) is 10.4 Å². The monoisotopic (exact) mass is 349 g/mol. The minimum Gasteiger partial charge on any atom is -0.320 e. The van der Waals surface area contributed by atoms with Gasteiger partial charge in [0.25, 0.3) is 5.91 Å². The van der Waals surface area contributed by atoms with Gasteiger partial charge in [0.15, 0.2) is 0 Å². The van der Waals surface area contributed by atoms with Crippen molar-refractivity contribution in [2.24, 2.45) is 5.10 Å². The number of anilines is 2. The lowest BCUT2D eigenvalue weighted by Crippen LogP contribution is -2.36. The van der Waals surface area contributed by atoms with Crippen LogP contribution in [-0.4, -0.2) is 17.5 Å². The molecule has 1 N–H and O–H groups in total. The second kappa shape index (κ2) is 7.12. The van der Waals surface area contributed by atoms with Crippen molar-refractivity contribution in [3.05, 3.63) is 58.7 Å². The summed E-state index contributed by atoms with van der Waals surface area (Å²) in [4.78, 5) is 25.0. The molecule has 0 atom stereocenters. The largest absolute Gasteiger partial charge is 0.320 e. The Morgan fingerprint density at radius 3 is 2.35 bits per heavy atom. The van der Waals surface area contributed by atoms with Gasteiger partial charge in [0.1, 0.15) is 5.71 Å². The number of nitrogens with zero attached hydrogens (tertiary/aromatic N) is 2. The average Bonchev–Trinajstić information content (AvgIpc) is 2.58. The Kier molecular flexibility index (Phi) is 4.89. The van der Waals surface area contributed by atoms with Gasteiger partial charge in [-0.05, 0) is 56.5 Å². The zero-order chi connectivity index (χ0) is 18.8. The first-order chi connectivity index (χ1) is 12.3. The second-order valence-electron chi connectivity index (χ2n) is 6.82. The van der Waals surface area contributed by atoms with Crippen LogP contribution < -0.4 is 10.3 Å². The minimum absolute atomic E-state index is 0.102. The van der Waals surface area contributed by atoms with Gasteiger partial charge in [0.05, 0.1) is 5.69 Å². The van der Waals surface area contributed by atoms with Crippen molar-refractivity contribution >= 4 is 28.9 Å². The number of hydrogen-bond donors (Lipinski definition) is 1. The highest BCUT2D eigenvalue weighted by atomic mass is 16.2. The summed E-state index contributed by atoms with van der Waals surface area (Å²) in [7, 11) is 0. The SMILES string of the molecule is Cc1cccc(N2N=C(C(=O)Nc3c(C)cc(C)cc3C)CCC2=O)c1. The maximum absolute atomic E-state index is 12.7. The molecule has 0 aliphatic carbocycles. The Labute approximate surface area is 153 Å². The second-order valence-corrected chi connectivity index (χ2v) is 6.82. The lowest BCUT2D eigenvalue weighted by Gasteiger charge is -2.23. The molecule has 0 saturated carbocycles. The number of rotatable bonds is 3. The highest BCUT2D eigenvalue weighted by Crippen LogP contribution is 2.24. The van der Waals surface area contributed by atoms with Crippen molar-refractivity contribution in [1.82, 2.24) is 0 Å². The van der Waals surface area contributed by atoms with Gasteiger partial charge in [0.2, 0.25) is 5.91 Å². The van der Waals surface area contributed by atoms with Gasteiger partial charge in [-0.25, -0.2) is 5.01 Å². The molecule has 0 spiro atoms. The fraction of sp³-hybridized carbons (Fsp3) is 0.286. The van der Waals surface area contributed by atoms with E-state index in [0.29, 0.717) is 17.8 Å². The van der Waals surface area contributed by atoms with E-state index >= 15 is 0 Å². The quantitative estimate of drug-likeness (QED) is 0.909. The molecule has 0 aromatic heterocycles. The van der Waals surface area contributed by atoms with Crippen molar-refractivity contribution in [3.8, 4) is 0 Å². The molecule has 3 rings (SSSR count). The predicted octanol–water partition coefficient (Wildman–Crippen LogP) is 4.04. The molecule has 0 bridgehead atoms. The Bertz CT molecular complexity index is 892. The molecule has 5 nitrogen and oxygen atoms in total. The lowest BCUT2D eigenvalue weighted by atomic mass is 10.0. The molecule has 0 unspecified atom stereocenters. The van der Waals surface area contributed by atoms with Crippen LogP contribution in [0.2, 0.25) is 0 Å². The van der Waals surface area contributed by atoms with Crippen molar-refractivity contribution in [1.29, 1.82) is 0 Å². The zero-order valence-electron chi connectivity index (χ0n) is 15.6. The summed E-state index contributed by atoms with van der Waals surface area (Å²) in [5.41, 5.74) is 6.07. The van der Waals surface area contributed by atoms with E-state index in [1.807, 2.05) is 64.1 Å².